The molecule has 1 saturated heterocycles. The number of anilines is 1. The molecular formula is C17H24F3N3O2. The number of hydrogen-bond donors (Lipinski definition) is 2. The molecule has 1 aromatic carbocycles. The Bertz CT molecular complexity index is 563. The number of ether oxygens (including phenoxy) is 1. The molecular weight excluding hydrogens is 335 g/mol. The molecule has 0 saturated carbocycles. The molecule has 2 atom stereocenters. The molecule has 2 unspecified atom stereocenters. The van der Waals surface area contributed by atoms with E-state index >= 15 is 0 Å². The fraction of sp³-hybridized carbons (Fsp3) is 0.588. The summed E-state index contributed by atoms with van der Waals surface area (Å²) in [4.78, 5) is 14.3. The molecule has 0 aromatic heterocycles. The van der Waals surface area contributed by atoms with Crippen LogP contribution in [0.3, 0.4) is 0 Å². The van der Waals surface area contributed by atoms with Gasteiger partial charge in [0.25, 0.3) is 0 Å². The first-order valence-corrected chi connectivity index (χ1v) is 8.37. The van der Waals surface area contributed by atoms with Crippen molar-refractivity contribution in [3.8, 4) is 5.75 Å². The van der Waals surface area contributed by atoms with Gasteiger partial charge in [0.1, 0.15) is 5.75 Å². The van der Waals surface area contributed by atoms with Gasteiger partial charge in [-0.3, -0.25) is 4.90 Å². The minimum atomic E-state index is -4.73. The number of alkyl halides is 3. The number of likely N-dealkylation sites (tertiary alicyclic amines) is 1. The number of benzene rings is 1. The third-order valence-electron chi connectivity index (χ3n) is 4.22. The van der Waals surface area contributed by atoms with Crippen molar-refractivity contribution in [3.63, 3.8) is 0 Å². The van der Waals surface area contributed by atoms with Gasteiger partial charge in [0.05, 0.1) is 0 Å². The van der Waals surface area contributed by atoms with Crippen LogP contribution in [-0.4, -0.2) is 43.0 Å². The van der Waals surface area contributed by atoms with E-state index in [2.05, 4.69) is 34.1 Å². The van der Waals surface area contributed by atoms with E-state index in [1.807, 2.05) is 0 Å². The lowest BCUT2D eigenvalue weighted by molar-refractivity contribution is -0.274. The topological polar surface area (TPSA) is 53.6 Å². The van der Waals surface area contributed by atoms with E-state index in [4.69, 9.17) is 0 Å². The fourth-order valence-electron chi connectivity index (χ4n) is 2.91. The van der Waals surface area contributed by atoms with Crippen molar-refractivity contribution in [2.75, 3.05) is 25.0 Å². The summed E-state index contributed by atoms with van der Waals surface area (Å²) in [6.07, 6.45) is -2.32. The molecule has 0 radical (unpaired) electrons. The number of rotatable bonds is 5. The number of amides is 2. The Balaban J connectivity index is 1.76. The van der Waals surface area contributed by atoms with E-state index in [9.17, 15) is 18.0 Å². The van der Waals surface area contributed by atoms with E-state index in [-0.39, 0.29) is 17.8 Å². The summed E-state index contributed by atoms with van der Waals surface area (Å²) in [6.45, 7) is 6.88. The molecule has 0 aliphatic carbocycles. The molecule has 1 aromatic rings. The Labute approximate surface area is 145 Å². The van der Waals surface area contributed by atoms with Gasteiger partial charge in [-0.25, -0.2) is 4.79 Å². The zero-order chi connectivity index (χ0) is 18.4. The van der Waals surface area contributed by atoms with Crippen molar-refractivity contribution in [1.29, 1.82) is 0 Å². The molecule has 140 valence electrons. The van der Waals surface area contributed by atoms with Gasteiger partial charge in [0, 0.05) is 24.8 Å². The maximum absolute atomic E-state index is 12.1. The van der Waals surface area contributed by atoms with Gasteiger partial charge < -0.3 is 15.4 Å². The van der Waals surface area contributed by atoms with E-state index in [0.717, 1.165) is 25.2 Å². The van der Waals surface area contributed by atoms with Gasteiger partial charge in [0.15, 0.2) is 0 Å². The monoisotopic (exact) mass is 359 g/mol. The summed E-state index contributed by atoms with van der Waals surface area (Å²) in [5.41, 5.74) is 0.395. The normalized spacial score (nSPS) is 20.0. The smallest absolute Gasteiger partial charge is 0.406 e. The third kappa shape index (κ3) is 6.81. The SMILES string of the molecule is CC1CCCN(C(C)CNC(=O)Nc2ccc(OC(F)(F)F)cc2)C1. The number of nitrogens with zero attached hydrogens (tertiary/aromatic N) is 1. The first-order valence-electron chi connectivity index (χ1n) is 8.37. The highest BCUT2D eigenvalue weighted by molar-refractivity contribution is 5.89. The second-order valence-electron chi connectivity index (χ2n) is 6.50. The highest BCUT2D eigenvalue weighted by atomic mass is 19.4. The van der Waals surface area contributed by atoms with E-state index < -0.39 is 6.36 Å². The average molecular weight is 359 g/mol. The Hall–Kier alpha value is -1.96. The quantitative estimate of drug-likeness (QED) is 0.840. The zero-order valence-corrected chi connectivity index (χ0v) is 14.4. The fourth-order valence-corrected chi connectivity index (χ4v) is 2.91. The average Bonchev–Trinajstić information content (AvgIpc) is 2.53. The molecule has 2 amide bonds. The minimum Gasteiger partial charge on any atom is -0.406 e. The number of carbonyl (C=O) groups excluding carboxylic acids is 1. The summed E-state index contributed by atoms with van der Waals surface area (Å²) in [5.74, 6) is 0.341. The third-order valence-corrected chi connectivity index (χ3v) is 4.22. The van der Waals surface area contributed by atoms with Gasteiger partial charge >= 0.3 is 12.4 Å². The Morgan fingerprint density at radius 2 is 2.04 bits per heavy atom. The first-order chi connectivity index (χ1) is 11.7. The number of piperidine rings is 1. The molecule has 2 rings (SSSR count). The van der Waals surface area contributed by atoms with Crippen molar-refractivity contribution in [2.24, 2.45) is 5.92 Å². The number of carbonyl (C=O) groups is 1. The largest absolute Gasteiger partial charge is 0.573 e. The van der Waals surface area contributed by atoms with Crippen molar-refractivity contribution in [1.82, 2.24) is 10.2 Å². The molecule has 1 aliphatic rings. The second-order valence-corrected chi connectivity index (χ2v) is 6.50. The maximum Gasteiger partial charge on any atom is 0.573 e. The Morgan fingerprint density at radius 1 is 1.36 bits per heavy atom. The van der Waals surface area contributed by atoms with Crippen LogP contribution < -0.4 is 15.4 Å². The lowest BCUT2D eigenvalue weighted by Crippen LogP contribution is -2.47. The first kappa shape index (κ1) is 19.4. The summed E-state index contributed by atoms with van der Waals surface area (Å²) in [6, 6.07) is 4.87. The molecule has 25 heavy (non-hydrogen) atoms. The molecule has 1 aliphatic heterocycles. The number of nitrogens with one attached hydrogen (secondary N) is 2. The van der Waals surface area contributed by atoms with Crippen LogP contribution in [0.1, 0.15) is 26.7 Å². The second kappa shape index (κ2) is 8.42. The summed E-state index contributed by atoms with van der Waals surface area (Å²) >= 11 is 0. The van der Waals surface area contributed by atoms with Crippen molar-refractivity contribution < 1.29 is 22.7 Å². The number of hydrogen-bond acceptors (Lipinski definition) is 3. The Morgan fingerprint density at radius 3 is 2.64 bits per heavy atom. The van der Waals surface area contributed by atoms with Gasteiger partial charge in [-0.05, 0) is 56.5 Å². The van der Waals surface area contributed by atoms with Crippen molar-refractivity contribution >= 4 is 11.7 Å². The van der Waals surface area contributed by atoms with Crippen LogP contribution >= 0.6 is 0 Å². The molecule has 8 heteroatoms. The van der Waals surface area contributed by atoms with E-state index in [1.54, 1.807) is 0 Å². The summed E-state index contributed by atoms with van der Waals surface area (Å²) < 4.78 is 40.1. The van der Waals surface area contributed by atoms with Crippen LogP contribution in [0.2, 0.25) is 0 Å². The number of urea groups is 1. The molecule has 0 spiro atoms. The Kier molecular flexibility index (Phi) is 6.52. The van der Waals surface area contributed by atoms with E-state index in [0.29, 0.717) is 18.2 Å². The molecule has 0 bridgehead atoms. The maximum atomic E-state index is 12.1. The number of halogens is 3. The highest BCUT2D eigenvalue weighted by Gasteiger charge is 2.31. The predicted octanol–water partition coefficient (Wildman–Crippen LogP) is 3.83. The van der Waals surface area contributed by atoms with Crippen LogP contribution in [0, 0.1) is 5.92 Å². The standard InChI is InChI=1S/C17H24F3N3O2/c1-12-4-3-9-23(11-12)13(2)10-21-16(24)22-14-5-7-15(8-6-14)25-17(18,19)20/h5-8,12-13H,3-4,9-11H2,1-2H3,(H2,21,22,24). The lowest BCUT2D eigenvalue weighted by atomic mass is 9.99. The van der Waals surface area contributed by atoms with Gasteiger partial charge in [0.2, 0.25) is 0 Å². The van der Waals surface area contributed by atoms with Crippen LogP contribution in [0.25, 0.3) is 0 Å². The van der Waals surface area contributed by atoms with Gasteiger partial charge in [-0.15, -0.1) is 13.2 Å². The molecule has 1 fully saturated rings. The van der Waals surface area contributed by atoms with Crippen LogP contribution in [-0.2, 0) is 0 Å². The van der Waals surface area contributed by atoms with Crippen LogP contribution in [0.5, 0.6) is 5.75 Å². The highest BCUT2D eigenvalue weighted by Crippen LogP contribution is 2.24. The molecule has 1 heterocycles. The summed E-state index contributed by atoms with van der Waals surface area (Å²) in [7, 11) is 0. The minimum absolute atomic E-state index is 0.232. The van der Waals surface area contributed by atoms with Crippen LogP contribution in [0.15, 0.2) is 24.3 Å². The van der Waals surface area contributed by atoms with Gasteiger partial charge in [-0.1, -0.05) is 6.92 Å². The lowest BCUT2D eigenvalue weighted by Gasteiger charge is -2.35. The van der Waals surface area contributed by atoms with Crippen LogP contribution in [0.4, 0.5) is 23.7 Å². The van der Waals surface area contributed by atoms with Crippen molar-refractivity contribution in [3.05, 3.63) is 24.3 Å². The molecule has 2 N–H and O–H groups in total. The van der Waals surface area contributed by atoms with E-state index in [1.165, 1.54) is 25.0 Å². The zero-order valence-electron chi connectivity index (χ0n) is 14.4. The van der Waals surface area contributed by atoms with Crippen molar-refractivity contribution in [2.45, 2.75) is 39.1 Å². The molecule has 5 nitrogen and oxygen atoms in total. The van der Waals surface area contributed by atoms with Gasteiger partial charge in [-0.2, -0.15) is 0 Å². The predicted molar refractivity (Wildman–Crippen MR) is 89.6 cm³/mol. The summed E-state index contributed by atoms with van der Waals surface area (Å²) in [5, 5.41) is 5.39.